The van der Waals surface area contributed by atoms with E-state index in [0.29, 0.717) is 29.9 Å². The van der Waals surface area contributed by atoms with Crippen molar-refractivity contribution in [1.29, 1.82) is 0 Å². The van der Waals surface area contributed by atoms with Crippen LogP contribution in [0.5, 0.6) is 0 Å². The van der Waals surface area contributed by atoms with Crippen molar-refractivity contribution in [3.05, 3.63) is 90.0 Å². The molecule has 3 aromatic carbocycles. The molecule has 8 heteroatoms. The number of carbonyl (C=O) groups is 2. The lowest BCUT2D eigenvalue weighted by atomic mass is 10.2. The Morgan fingerprint density at radius 3 is 1.97 bits per heavy atom. The van der Waals surface area contributed by atoms with E-state index in [1.165, 1.54) is 31.2 Å². The van der Waals surface area contributed by atoms with E-state index in [9.17, 15) is 18.0 Å². The SMILES string of the molecule is CC(=O)Nc1ccc(C(=O)Nc2ccc(S(=O)(=O)NCCc3ccccc3)cc2)cc1. The fourth-order valence-electron chi connectivity index (χ4n) is 2.89. The summed E-state index contributed by atoms with van der Waals surface area (Å²) in [5.74, 6) is -0.534. The summed E-state index contributed by atoms with van der Waals surface area (Å²) in [6.45, 7) is 1.70. The van der Waals surface area contributed by atoms with Gasteiger partial charge in [-0.05, 0) is 60.5 Å². The number of benzene rings is 3. The summed E-state index contributed by atoms with van der Waals surface area (Å²) >= 11 is 0. The molecule has 0 atom stereocenters. The predicted molar refractivity (Wildman–Crippen MR) is 120 cm³/mol. The normalized spacial score (nSPS) is 11.0. The molecule has 0 radical (unpaired) electrons. The minimum atomic E-state index is -3.64. The first-order chi connectivity index (χ1) is 14.8. The van der Waals surface area contributed by atoms with E-state index in [1.54, 1.807) is 24.3 Å². The Balaban J connectivity index is 1.57. The van der Waals surface area contributed by atoms with Gasteiger partial charge < -0.3 is 10.6 Å². The minimum Gasteiger partial charge on any atom is -0.326 e. The quantitative estimate of drug-likeness (QED) is 0.502. The van der Waals surface area contributed by atoms with Gasteiger partial charge in [-0.2, -0.15) is 0 Å². The molecular formula is C23H23N3O4S. The summed E-state index contributed by atoms with van der Waals surface area (Å²) < 4.78 is 27.5. The first kappa shape index (κ1) is 22.2. The highest BCUT2D eigenvalue weighted by atomic mass is 32.2. The second kappa shape index (κ2) is 10.0. The third-order valence-electron chi connectivity index (χ3n) is 4.44. The molecule has 0 aliphatic heterocycles. The van der Waals surface area contributed by atoms with Gasteiger partial charge in [0.1, 0.15) is 0 Å². The van der Waals surface area contributed by atoms with E-state index >= 15 is 0 Å². The number of rotatable bonds is 8. The van der Waals surface area contributed by atoms with Gasteiger partial charge in [-0.1, -0.05) is 30.3 Å². The molecule has 0 heterocycles. The van der Waals surface area contributed by atoms with Crippen molar-refractivity contribution >= 4 is 33.2 Å². The molecule has 3 N–H and O–H groups in total. The molecule has 3 aromatic rings. The Kier molecular flexibility index (Phi) is 7.17. The largest absolute Gasteiger partial charge is 0.326 e. The van der Waals surface area contributed by atoms with Crippen molar-refractivity contribution in [1.82, 2.24) is 4.72 Å². The van der Waals surface area contributed by atoms with E-state index in [1.807, 2.05) is 30.3 Å². The van der Waals surface area contributed by atoms with Gasteiger partial charge in [0.05, 0.1) is 4.90 Å². The summed E-state index contributed by atoms with van der Waals surface area (Å²) in [5.41, 5.74) is 2.53. The van der Waals surface area contributed by atoms with Crippen LogP contribution in [0, 0.1) is 0 Å². The van der Waals surface area contributed by atoms with E-state index < -0.39 is 10.0 Å². The van der Waals surface area contributed by atoms with Crippen LogP contribution in [0.15, 0.2) is 83.8 Å². The molecule has 0 saturated carbocycles. The molecule has 160 valence electrons. The van der Waals surface area contributed by atoms with Gasteiger partial charge in [0.25, 0.3) is 5.91 Å². The van der Waals surface area contributed by atoms with Crippen LogP contribution in [0.3, 0.4) is 0 Å². The van der Waals surface area contributed by atoms with Gasteiger partial charge >= 0.3 is 0 Å². The lowest BCUT2D eigenvalue weighted by molar-refractivity contribution is -0.114. The predicted octanol–water partition coefficient (Wildman–Crippen LogP) is 3.42. The second-order valence-corrected chi connectivity index (χ2v) is 8.64. The van der Waals surface area contributed by atoms with Crippen LogP contribution in [-0.2, 0) is 21.2 Å². The molecule has 0 aliphatic carbocycles. The monoisotopic (exact) mass is 437 g/mol. The highest BCUT2D eigenvalue weighted by Gasteiger charge is 2.14. The van der Waals surface area contributed by atoms with Gasteiger partial charge in [-0.25, -0.2) is 13.1 Å². The summed E-state index contributed by atoms with van der Waals surface area (Å²) in [5, 5.41) is 5.35. The highest BCUT2D eigenvalue weighted by Crippen LogP contribution is 2.16. The number of nitrogens with one attached hydrogen (secondary N) is 3. The third-order valence-corrected chi connectivity index (χ3v) is 5.92. The van der Waals surface area contributed by atoms with Crippen molar-refractivity contribution in [3.63, 3.8) is 0 Å². The second-order valence-electron chi connectivity index (χ2n) is 6.87. The molecule has 0 spiro atoms. The minimum absolute atomic E-state index is 0.123. The molecule has 3 rings (SSSR count). The molecular weight excluding hydrogens is 414 g/mol. The smallest absolute Gasteiger partial charge is 0.255 e. The number of hydrogen-bond donors (Lipinski definition) is 3. The maximum absolute atomic E-state index is 12.5. The van der Waals surface area contributed by atoms with Crippen molar-refractivity contribution in [2.24, 2.45) is 0 Å². The molecule has 0 unspecified atom stereocenters. The van der Waals surface area contributed by atoms with Gasteiger partial charge in [0, 0.05) is 30.4 Å². The average Bonchev–Trinajstić information content (AvgIpc) is 2.75. The molecule has 31 heavy (non-hydrogen) atoms. The maximum Gasteiger partial charge on any atom is 0.255 e. The lowest BCUT2D eigenvalue weighted by Crippen LogP contribution is -2.26. The van der Waals surface area contributed by atoms with Crippen LogP contribution in [0.2, 0.25) is 0 Å². The Morgan fingerprint density at radius 2 is 1.35 bits per heavy atom. The average molecular weight is 438 g/mol. The lowest BCUT2D eigenvalue weighted by Gasteiger charge is -2.09. The van der Waals surface area contributed by atoms with Crippen LogP contribution in [-0.4, -0.2) is 26.8 Å². The van der Waals surface area contributed by atoms with Gasteiger partial charge in [0.15, 0.2) is 0 Å². The maximum atomic E-state index is 12.5. The number of hydrogen-bond acceptors (Lipinski definition) is 4. The Hall–Kier alpha value is -3.49. The van der Waals surface area contributed by atoms with Gasteiger partial charge in [-0.3, -0.25) is 9.59 Å². The molecule has 0 fully saturated rings. The van der Waals surface area contributed by atoms with Crippen LogP contribution in [0.25, 0.3) is 0 Å². The number of amides is 2. The molecule has 2 amide bonds. The molecule has 7 nitrogen and oxygen atoms in total. The van der Waals surface area contributed by atoms with E-state index in [-0.39, 0.29) is 16.7 Å². The van der Waals surface area contributed by atoms with Crippen molar-refractivity contribution in [2.75, 3.05) is 17.2 Å². The van der Waals surface area contributed by atoms with Crippen molar-refractivity contribution in [3.8, 4) is 0 Å². The molecule has 0 aliphatic rings. The Bertz CT molecular complexity index is 1140. The van der Waals surface area contributed by atoms with Gasteiger partial charge in [-0.15, -0.1) is 0 Å². The highest BCUT2D eigenvalue weighted by molar-refractivity contribution is 7.89. The van der Waals surface area contributed by atoms with Crippen LogP contribution < -0.4 is 15.4 Å². The van der Waals surface area contributed by atoms with Crippen molar-refractivity contribution < 1.29 is 18.0 Å². The number of anilines is 2. The Labute approximate surface area is 181 Å². The summed E-state index contributed by atoms with van der Waals surface area (Å²) in [6.07, 6.45) is 0.592. The fourth-order valence-corrected chi connectivity index (χ4v) is 3.92. The third kappa shape index (κ3) is 6.50. The fraction of sp³-hybridized carbons (Fsp3) is 0.130. The topological polar surface area (TPSA) is 104 Å². The van der Waals surface area contributed by atoms with Crippen molar-refractivity contribution in [2.45, 2.75) is 18.2 Å². The Morgan fingerprint density at radius 1 is 0.774 bits per heavy atom. The zero-order valence-corrected chi connectivity index (χ0v) is 17.8. The van der Waals surface area contributed by atoms with Crippen LogP contribution in [0.4, 0.5) is 11.4 Å². The first-order valence-electron chi connectivity index (χ1n) is 9.66. The molecule has 0 bridgehead atoms. The van der Waals surface area contributed by atoms with E-state index in [2.05, 4.69) is 15.4 Å². The van der Waals surface area contributed by atoms with Crippen LogP contribution in [0.1, 0.15) is 22.8 Å². The first-order valence-corrected chi connectivity index (χ1v) is 11.1. The van der Waals surface area contributed by atoms with E-state index in [0.717, 1.165) is 5.56 Å². The standard InChI is InChI=1S/C23H23N3O4S/c1-17(27)25-20-9-7-19(8-10-20)23(28)26-21-11-13-22(14-12-21)31(29,30)24-16-15-18-5-3-2-4-6-18/h2-14,24H,15-16H2,1H3,(H,25,27)(H,26,28). The van der Waals surface area contributed by atoms with Gasteiger partial charge in [0.2, 0.25) is 15.9 Å². The zero-order valence-electron chi connectivity index (χ0n) is 17.0. The van der Waals surface area contributed by atoms with E-state index in [4.69, 9.17) is 0 Å². The molecule has 0 saturated heterocycles. The number of sulfonamides is 1. The van der Waals surface area contributed by atoms with Crippen LogP contribution >= 0.6 is 0 Å². The number of carbonyl (C=O) groups excluding carboxylic acids is 2. The molecule has 0 aromatic heterocycles. The summed E-state index contributed by atoms with van der Waals surface area (Å²) in [7, 11) is -3.64. The summed E-state index contributed by atoms with van der Waals surface area (Å²) in [4.78, 5) is 23.6. The summed E-state index contributed by atoms with van der Waals surface area (Å²) in [6, 6.07) is 22.0. The zero-order chi connectivity index (χ0) is 22.3.